The van der Waals surface area contributed by atoms with E-state index in [-0.39, 0.29) is 24.3 Å². The van der Waals surface area contributed by atoms with E-state index in [0.29, 0.717) is 11.4 Å². The van der Waals surface area contributed by atoms with Crippen LogP contribution in [0, 0.1) is 0 Å². The molecule has 3 rings (SSSR count). The quantitative estimate of drug-likeness (QED) is 0.690. The largest absolute Gasteiger partial charge is 0.350 e. The highest BCUT2D eigenvalue weighted by Crippen LogP contribution is 2.15. The minimum absolute atomic E-state index is 0.0143. The lowest BCUT2D eigenvalue weighted by Gasteiger charge is -2.13. The molecule has 132 valence electrons. The third-order valence-electron chi connectivity index (χ3n) is 3.92. The molecule has 0 aliphatic heterocycles. The summed E-state index contributed by atoms with van der Waals surface area (Å²) in [5, 5.41) is 15.0. The first-order valence-corrected chi connectivity index (χ1v) is 8.26. The van der Waals surface area contributed by atoms with Crippen LogP contribution >= 0.6 is 0 Å². The Labute approximate surface area is 151 Å². The summed E-state index contributed by atoms with van der Waals surface area (Å²) in [6.07, 6.45) is 0. The van der Waals surface area contributed by atoms with E-state index >= 15 is 0 Å². The van der Waals surface area contributed by atoms with Crippen LogP contribution in [0.5, 0.6) is 0 Å². The molecule has 0 saturated carbocycles. The number of tetrazole rings is 1. The Morgan fingerprint density at radius 1 is 1.08 bits per heavy atom. The lowest BCUT2D eigenvalue weighted by molar-refractivity contribution is -0.119. The van der Waals surface area contributed by atoms with Crippen LogP contribution in [0.2, 0.25) is 0 Å². The number of aromatic nitrogens is 4. The van der Waals surface area contributed by atoms with Gasteiger partial charge in [-0.05, 0) is 17.7 Å². The van der Waals surface area contributed by atoms with Gasteiger partial charge in [-0.3, -0.25) is 9.59 Å². The van der Waals surface area contributed by atoms with E-state index < -0.39 is 0 Å². The van der Waals surface area contributed by atoms with E-state index in [0.717, 1.165) is 11.1 Å². The fourth-order valence-corrected chi connectivity index (χ4v) is 2.58. The third kappa shape index (κ3) is 4.18. The van der Waals surface area contributed by atoms with Crippen LogP contribution in [0.25, 0.3) is 11.4 Å². The summed E-state index contributed by atoms with van der Waals surface area (Å²) in [4.78, 5) is 24.8. The molecule has 1 unspecified atom stereocenters. The fourth-order valence-electron chi connectivity index (χ4n) is 2.58. The highest BCUT2D eigenvalue weighted by atomic mass is 16.1. The molecule has 2 aromatic carbocycles. The Balaban J connectivity index is 1.67. The van der Waals surface area contributed by atoms with Crippen LogP contribution in [-0.2, 0) is 11.3 Å². The molecule has 0 aliphatic carbocycles. The number of Topliss-reactive ketones (excluding diaryl/α,β-unsaturated/α-hetero) is 1. The van der Waals surface area contributed by atoms with Gasteiger partial charge in [-0.25, -0.2) is 0 Å². The van der Waals surface area contributed by atoms with E-state index in [9.17, 15) is 9.59 Å². The van der Waals surface area contributed by atoms with Crippen molar-refractivity contribution < 1.29 is 9.59 Å². The molecule has 1 N–H and O–H groups in total. The maximum atomic E-state index is 12.4. The lowest BCUT2D eigenvalue weighted by atomic mass is 10.0. The fraction of sp³-hybridized carbons (Fsp3) is 0.211. The second kappa shape index (κ2) is 7.69. The number of amides is 1. The summed E-state index contributed by atoms with van der Waals surface area (Å²) in [6, 6.07) is 16.5. The first kappa shape index (κ1) is 17.5. The van der Waals surface area contributed by atoms with E-state index in [1.54, 1.807) is 12.1 Å². The van der Waals surface area contributed by atoms with Gasteiger partial charge in [0.1, 0.15) is 6.54 Å². The van der Waals surface area contributed by atoms with Crippen LogP contribution in [0.3, 0.4) is 0 Å². The monoisotopic (exact) mass is 349 g/mol. The van der Waals surface area contributed by atoms with Crippen LogP contribution in [-0.4, -0.2) is 31.9 Å². The average molecular weight is 349 g/mol. The number of rotatable bonds is 6. The van der Waals surface area contributed by atoms with Crippen molar-refractivity contribution in [2.45, 2.75) is 26.4 Å². The van der Waals surface area contributed by atoms with Crippen LogP contribution in [0.1, 0.15) is 35.8 Å². The van der Waals surface area contributed by atoms with Crippen molar-refractivity contribution in [2.75, 3.05) is 0 Å². The minimum atomic E-state index is -0.110. The molecule has 7 nitrogen and oxygen atoms in total. The van der Waals surface area contributed by atoms with Gasteiger partial charge in [0, 0.05) is 18.1 Å². The Morgan fingerprint density at radius 2 is 1.77 bits per heavy atom. The number of hydrogen-bond donors (Lipinski definition) is 1. The highest BCUT2D eigenvalue weighted by Gasteiger charge is 2.12. The van der Waals surface area contributed by atoms with Crippen LogP contribution in [0.4, 0.5) is 0 Å². The van der Waals surface area contributed by atoms with Gasteiger partial charge in [0.05, 0.1) is 6.04 Å². The molecule has 1 atom stereocenters. The molecule has 0 saturated heterocycles. The number of nitrogens with zero attached hydrogens (tertiary/aromatic N) is 4. The van der Waals surface area contributed by atoms with Gasteiger partial charge in [-0.15, -0.1) is 10.2 Å². The Bertz CT molecular complexity index is 903. The van der Waals surface area contributed by atoms with Crippen LogP contribution < -0.4 is 5.32 Å². The number of benzene rings is 2. The number of nitrogens with one attached hydrogen (secondary N) is 1. The SMILES string of the molecule is CC(=O)NC(C)c1ccc(C(=O)Cn2nnc(-c3ccccc3)n2)cc1. The predicted molar refractivity (Wildman–Crippen MR) is 96.3 cm³/mol. The second-order valence-corrected chi connectivity index (χ2v) is 5.98. The number of carbonyl (C=O) groups is 2. The molecule has 0 spiro atoms. The summed E-state index contributed by atoms with van der Waals surface area (Å²) in [7, 11) is 0. The maximum absolute atomic E-state index is 12.4. The summed E-state index contributed by atoms with van der Waals surface area (Å²) < 4.78 is 0. The van der Waals surface area contributed by atoms with Gasteiger partial charge in [0.25, 0.3) is 0 Å². The first-order chi connectivity index (χ1) is 12.5. The zero-order chi connectivity index (χ0) is 18.5. The standard InChI is InChI=1S/C19H19N5O2/c1-13(20-14(2)25)15-8-10-16(11-9-15)18(26)12-24-22-19(21-23-24)17-6-4-3-5-7-17/h3-11,13H,12H2,1-2H3,(H,20,25). The van der Waals surface area contributed by atoms with E-state index in [2.05, 4.69) is 20.7 Å². The van der Waals surface area contributed by atoms with Crippen molar-refractivity contribution in [3.8, 4) is 11.4 Å². The molecule has 1 amide bonds. The molecule has 1 heterocycles. The molecule has 1 aromatic heterocycles. The summed E-state index contributed by atoms with van der Waals surface area (Å²) >= 11 is 0. The van der Waals surface area contributed by atoms with E-state index in [1.165, 1.54) is 11.7 Å². The first-order valence-electron chi connectivity index (χ1n) is 8.26. The van der Waals surface area contributed by atoms with Crippen molar-refractivity contribution in [3.63, 3.8) is 0 Å². The van der Waals surface area contributed by atoms with Crippen molar-refractivity contribution in [3.05, 3.63) is 65.7 Å². The second-order valence-electron chi connectivity index (χ2n) is 5.98. The summed E-state index contributed by atoms with van der Waals surface area (Å²) in [6.45, 7) is 3.38. The van der Waals surface area contributed by atoms with Gasteiger partial charge >= 0.3 is 0 Å². The summed E-state index contributed by atoms with van der Waals surface area (Å²) in [5.41, 5.74) is 2.34. The molecule has 0 radical (unpaired) electrons. The van der Waals surface area contributed by atoms with Gasteiger partial charge < -0.3 is 5.32 Å². The number of ketones is 1. The van der Waals surface area contributed by atoms with Crippen LogP contribution in [0.15, 0.2) is 54.6 Å². The average Bonchev–Trinajstić information content (AvgIpc) is 3.10. The van der Waals surface area contributed by atoms with Gasteiger partial charge in [-0.2, -0.15) is 4.80 Å². The topological polar surface area (TPSA) is 89.8 Å². The molecular formula is C19H19N5O2. The Hall–Kier alpha value is -3.35. The van der Waals surface area contributed by atoms with Crippen molar-refractivity contribution >= 4 is 11.7 Å². The van der Waals surface area contributed by atoms with Gasteiger partial charge in [-0.1, -0.05) is 54.6 Å². The Morgan fingerprint density at radius 3 is 2.42 bits per heavy atom. The van der Waals surface area contributed by atoms with Gasteiger partial charge in [0.2, 0.25) is 11.7 Å². The predicted octanol–water partition coefficient (Wildman–Crippen LogP) is 2.42. The molecular weight excluding hydrogens is 330 g/mol. The maximum Gasteiger partial charge on any atom is 0.217 e. The smallest absolute Gasteiger partial charge is 0.217 e. The zero-order valence-corrected chi connectivity index (χ0v) is 14.6. The third-order valence-corrected chi connectivity index (χ3v) is 3.92. The van der Waals surface area contributed by atoms with E-state index in [1.807, 2.05) is 49.4 Å². The van der Waals surface area contributed by atoms with Crippen molar-refractivity contribution in [1.82, 2.24) is 25.5 Å². The number of carbonyl (C=O) groups excluding carboxylic acids is 2. The molecule has 7 heteroatoms. The number of hydrogen-bond acceptors (Lipinski definition) is 5. The normalized spacial score (nSPS) is 11.8. The van der Waals surface area contributed by atoms with Crippen molar-refractivity contribution in [1.29, 1.82) is 0 Å². The lowest BCUT2D eigenvalue weighted by Crippen LogP contribution is -2.23. The highest BCUT2D eigenvalue weighted by molar-refractivity contribution is 5.95. The molecule has 26 heavy (non-hydrogen) atoms. The van der Waals surface area contributed by atoms with Gasteiger partial charge in [0.15, 0.2) is 5.78 Å². The molecule has 0 bridgehead atoms. The molecule has 0 aliphatic rings. The zero-order valence-electron chi connectivity index (χ0n) is 14.6. The molecule has 0 fully saturated rings. The minimum Gasteiger partial charge on any atom is -0.350 e. The molecule has 3 aromatic rings. The Kier molecular flexibility index (Phi) is 5.17. The van der Waals surface area contributed by atoms with Crippen molar-refractivity contribution in [2.24, 2.45) is 0 Å². The van der Waals surface area contributed by atoms with E-state index in [4.69, 9.17) is 0 Å². The summed E-state index contributed by atoms with van der Waals surface area (Å²) in [5.74, 6) is 0.280.